The first-order chi connectivity index (χ1) is 7.26. The quantitative estimate of drug-likeness (QED) is 0.747. The standard InChI is InChI=1S/C12H23N3/c1-4-6-12(5-2)14-11(3)9-15-8-7-13-10-15/h7-8,10-12,14H,4-6,9H2,1-3H3. The predicted molar refractivity (Wildman–Crippen MR) is 63.8 cm³/mol. The van der Waals surface area contributed by atoms with Gasteiger partial charge < -0.3 is 9.88 Å². The lowest BCUT2D eigenvalue weighted by Crippen LogP contribution is -2.38. The molecule has 1 aromatic heterocycles. The van der Waals surface area contributed by atoms with Gasteiger partial charge in [0.05, 0.1) is 6.33 Å². The highest BCUT2D eigenvalue weighted by Crippen LogP contribution is 2.03. The number of aromatic nitrogens is 2. The fourth-order valence-corrected chi connectivity index (χ4v) is 1.92. The van der Waals surface area contributed by atoms with E-state index in [1.165, 1.54) is 19.3 Å². The molecule has 0 aliphatic rings. The maximum Gasteiger partial charge on any atom is 0.0946 e. The molecule has 15 heavy (non-hydrogen) atoms. The first-order valence-electron chi connectivity index (χ1n) is 5.98. The monoisotopic (exact) mass is 209 g/mol. The zero-order chi connectivity index (χ0) is 11.1. The van der Waals surface area contributed by atoms with E-state index in [9.17, 15) is 0 Å². The van der Waals surface area contributed by atoms with E-state index >= 15 is 0 Å². The van der Waals surface area contributed by atoms with Gasteiger partial charge in [0.15, 0.2) is 0 Å². The minimum Gasteiger partial charge on any atom is -0.336 e. The van der Waals surface area contributed by atoms with E-state index in [1.54, 1.807) is 0 Å². The summed E-state index contributed by atoms with van der Waals surface area (Å²) in [5.74, 6) is 0. The van der Waals surface area contributed by atoms with E-state index in [0.717, 1.165) is 6.54 Å². The van der Waals surface area contributed by atoms with Crippen LogP contribution in [0.25, 0.3) is 0 Å². The second kappa shape index (κ2) is 6.62. The van der Waals surface area contributed by atoms with Crippen LogP contribution in [0.5, 0.6) is 0 Å². The topological polar surface area (TPSA) is 29.9 Å². The summed E-state index contributed by atoms with van der Waals surface area (Å²) in [6, 6.07) is 1.17. The smallest absolute Gasteiger partial charge is 0.0946 e. The molecule has 0 saturated carbocycles. The van der Waals surface area contributed by atoms with Crippen molar-refractivity contribution in [2.45, 2.75) is 58.7 Å². The Morgan fingerprint density at radius 2 is 2.20 bits per heavy atom. The Bertz CT molecular complexity index is 243. The second-order valence-electron chi connectivity index (χ2n) is 4.22. The number of hydrogen-bond acceptors (Lipinski definition) is 2. The van der Waals surface area contributed by atoms with Crippen molar-refractivity contribution in [3.8, 4) is 0 Å². The van der Waals surface area contributed by atoms with Crippen molar-refractivity contribution in [1.82, 2.24) is 14.9 Å². The van der Waals surface area contributed by atoms with Gasteiger partial charge in [0.1, 0.15) is 0 Å². The van der Waals surface area contributed by atoms with Crippen LogP contribution < -0.4 is 5.32 Å². The molecule has 0 amide bonds. The van der Waals surface area contributed by atoms with Crippen molar-refractivity contribution in [2.75, 3.05) is 0 Å². The van der Waals surface area contributed by atoms with Gasteiger partial charge in [0.2, 0.25) is 0 Å². The molecule has 2 unspecified atom stereocenters. The summed E-state index contributed by atoms with van der Waals surface area (Å²) in [6.07, 6.45) is 9.45. The highest BCUT2D eigenvalue weighted by molar-refractivity contribution is 4.78. The molecule has 0 saturated heterocycles. The van der Waals surface area contributed by atoms with Crippen LogP contribution in [0.1, 0.15) is 40.0 Å². The molecule has 3 nitrogen and oxygen atoms in total. The molecule has 1 rings (SSSR count). The van der Waals surface area contributed by atoms with Crippen molar-refractivity contribution in [3.63, 3.8) is 0 Å². The van der Waals surface area contributed by atoms with Gasteiger partial charge in [-0.15, -0.1) is 0 Å². The first-order valence-corrected chi connectivity index (χ1v) is 5.98. The lowest BCUT2D eigenvalue weighted by atomic mass is 10.1. The number of imidazole rings is 1. The normalized spacial score (nSPS) is 15.1. The molecular weight excluding hydrogens is 186 g/mol. The Morgan fingerprint density at radius 1 is 1.40 bits per heavy atom. The molecule has 0 fully saturated rings. The molecule has 3 heteroatoms. The Hall–Kier alpha value is -0.830. The Labute approximate surface area is 92.9 Å². The fourth-order valence-electron chi connectivity index (χ4n) is 1.92. The van der Waals surface area contributed by atoms with Gasteiger partial charge in [-0.25, -0.2) is 4.98 Å². The number of nitrogens with zero attached hydrogens (tertiary/aromatic N) is 2. The third-order valence-electron chi connectivity index (χ3n) is 2.69. The van der Waals surface area contributed by atoms with Gasteiger partial charge in [0.25, 0.3) is 0 Å². The molecule has 86 valence electrons. The van der Waals surface area contributed by atoms with Crippen molar-refractivity contribution < 1.29 is 0 Å². The largest absolute Gasteiger partial charge is 0.336 e. The van der Waals surface area contributed by atoms with Crippen LogP contribution in [0.15, 0.2) is 18.7 Å². The molecule has 0 aromatic carbocycles. The van der Waals surface area contributed by atoms with Crippen molar-refractivity contribution >= 4 is 0 Å². The molecule has 0 bridgehead atoms. The fraction of sp³-hybridized carbons (Fsp3) is 0.750. The van der Waals surface area contributed by atoms with E-state index in [0.29, 0.717) is 12.1 Å². The summed E-state index contributed by atoms with van der Waals surface area (Å²) >= 11 is 0. The minimum atomic E-state index is 0.510. The van der Waals surface area contributed by atoms with Gasteiger partial charge in [0, 0.05) is 31.0 Å². The van der Waals surface area contributed by atoms with Gasteiger partial charge in [-0.3, -0.25) is 0 Å². The van der Waals surface area contributed by atoms with Crippen LogP contribution in [0.4, 0.5) is 0 Å². The number of hydrogen-bond donors (Lipinski definition) is 1. The third-order valence-corrected chi connectivity index (χ3v) is 2.69. The van der Waals surface area contributed by atoms with Crippen LogP contribution >= 0.6 is 0 Å². The SMILES string of the molecule is CCCC(CC)NC(C)Cn1ccnc1. The average molecular weight is 209 g/mol. The summed E-state index contributed by atoms with van der Waals surface area (Å²) in [5, 5.41) is 3.66. The molecule has 1 heterocycles. The lowest BCUT2D eigenvalue weighted by Gasteiger charge is -2.22. The molecule has 1 N–H and O–H groups in total. The molecule has 0 spiro atoms. The molecule has 0 aliphatic carbocycles. The highest BCUT2D eigenvalue weighted by atomic mass is 15.1. The van der Waals surface area contributed by atoms with Crippen LogP contribution in [0.3, 0.4) is 0 Å². The summed E-state index contributed by atoms with van der Waals surface area (Å²) in [6.45, 7) is 7.72. The zero-order valence-corrected chi connectivity index (χ0v) is 10.1. The third kappa shape index (κ3) is 4.47. The van der Waals surface area contributed by atoms with E-state index in [4.69, 9.17) is 0 Å². The lowest BCUT2D eigenvalue weighted by molar-refractivity contribution is 0.381. The van der Waals surface area contributed by atoms with Gasteiger partial charge in [-0.2, -0.15) is 0 Å². The summed E-state index contributed by atoms with van der Waals surface area (Å²) in [5.41, 5.74) is 0. The van der Waals surface area contributed by atoms with E-state index in [2.05, 4.69) is 35.6 Å². The Kier molecular flexibility index (Phi) is 5.40. The summed E-state index contributed by atoms with van der Waals surface area (Å²) < 4.78 is 2.12. The summed E-state index contributed by atoms with van der Waals surface area (Å²) in [4.78, 5) is 4.05. The average Bonchev–Trinajstić information content (AvgIpc) is 2.69. The van der Waals surface area contributed by atoms with E-state index < -0.39 is 0 Å². The summed E-state index contributed by atoms with van der Waals surface area (Å²) in [7, 11) is 0. The number of rotatable bonds is 7. The van der Waals surface area contributed by atoms with Crippen LogP contribution in [0, 0.1) is 0 Å². The molecule has 0 aliphatic heterocycles. The first kappa shape index (κ1) is 12.2. The molecule has 1 aromatic rings. The minimum absolute atomic E-state index is 0.510. The van der Waals surface area contributed by atoms with Crippen molar-refractivity contribution in [3.05, 3.63) is 18.7 Å². The molecule has 0 radical (unpaired) electrons. The molecule has 2 atom stereocenters. The second-order valence-corrected chi connectivity index (χ2v) is 4.22. The van der Waals surface area contributed by atoms with Crippen LogP contribution in [0.2, 0.25) is 0 Å². The van der Waals surface area contributed by atoms with Crippen LogP contribution in [-0.2, 0) is 6.54 Å². The number of nitrogens with one attached hydrogen (secondary N) is 1. The van der Waals surface area contributed by atoms with Gasteiger partial charge >= 0.3 is 0 Å². The van der Waals surface area contributed by atoms with Gasteiger partial charge in [-0.1, -0.05) is 20.3 Å². The highest BCUT2D eigenvalue weighted by Gasteiger charge is 2.09. The van der Waals surface area contributed by atoms with E-state index in [-0.39, 0.29) is 0 Å². The van der Waals surface area contributed by atoms with Crippen LogP contribution in [-0.4, -0.2) is 21.6 Å². The zero-order valence-electron chi connectivity index (χ0n) is 10.1. The van der Waals surface area contributed by atoms with Gasteiger partial charge in [-0.05, 0) is 19.8 Å². The Morgan fingerprint density at radius 3 is 2.73 bits per heavy atom. The van der Waals surface area contributed by atoms with Crippen molar-refractivity contribution in [2.24, 2.45) is 0 Å². The maximum absolute atomic E-state index is 4.05. The Balaban J connectivity index is 2.30. The molecular formula is C12H23N3. The predicted octanol–water partition coefficient (Wildman–Crippen LogP) is 2.44. The van der Waals surface area contributed by atoms with E-state index in [1.807, 2.05) is 18.7 Å². The maximum atomic E-state index is 4.05. The van der Waals surface area contributed by atoms with Crippen molar-refractivity contribution in [1.29, 1.82) is 0 Å².